The van der Waals surface area contributed by atoms with E-state index in [1.165, 1.54) is 12.0 Å². The summed E-state index contributed by atoms with van der Waals surface area (Å²) in [5.74, 6) is 0.861. The van der Waals surface area contributed by atoms with E-state index in [0.717, 1.165) is 42.4 Å². The van der Waals surface area contributed by atoms with Crippen molar-refractivity contribution >= 4 is 21.8 Å². The van der Waals surface area contributed by atoms with Gasteiger partial charge in [0.2, 0.25) is 0 Å². The average molecular weight is 324 g/mol. The van der Waals surface area contributed by atoms with Crippen molar-refractivity contribution in [2.45, 2.75) is 33.1 Å². The molecule has 0 N–H and O–H groups in total. The Labute approximate surface area is 124 Å². The van der Waals surface area contributed by atoms with E-state index in [0.29, 0.717) is 5.92 Å². The normalized spacial score (nSPS) is 19.5. The molecule has 0 aromatic heterocycles. The van der Waals surface area contributed by atoms with Gasteiger partial charge in [-0.25, -0.2) is 0 Å². The summed E-state index contributed by atoms with van der Waals surface area (Å²) in [5, 5.41) is 1.03. The van der Waals surface area contributed by atoms with Gasteiger partial charge in [0.1, 0.15) is 0 Å². The second-order valence-electron chi connectivity index (χ2n) is 5.56. The van der Waals surface area contributed by atoms with Gasteiger partial charge in [-0.2, -0.15) is 0 Å². The molecule has 0 aliphatic carbocycles. The molecule has 1 heterocycles. The first-order chi connectivity index (χ1) is 9.11. The fourth-order valence-electron chi connectivity index (χ4n) is 2.86. The minimum atomic E-state index is 0.205. The number of alkyl halides is 1. The first-order valence-electron chi connectivity index (χ1n) is 7.04. The molecule has 1 aliphatic rings. The quantitative estimate of drug-likeness (QED) is 0.771. The Morgan fingerprint density at radius 2 is 2.21 bits per heavy atom. The fraction of sp³-hybridized carbons (Fsp3) is 0.562. The highest BCUT2D eigenvalue weighted by atomic mass is 79.9. The maximum Gasteiger partial charge on any atom is 0.254 e. The Balaban J connectivity index is 2.10. The lowest BCUT2D eigenvalue weighted by molar-refractivity contribution is 0.0671. The minimum absolute atomic E-state index is 0.205. The number of piperidine rings is 1. The van der Waals surface area contributed by atoms with Gasteiger partial charge in [-0.1, -0.05) is 33.6 Å². The summed E-state index contributed by atoms with van der Waals surface area (Å²) in [5.41, 5.74) is 3.17. The average Bonchev–Trinajstić information content (AvgIpc) is 2.39. The van der Waals surface area contributed by atoms with Crippen molar-refractivity contribution in [1.29, 1.82) is 0 Å². The molecule has 1 aromatic rings. The van der Waals surface area contributed by atoms with Crippen LogP contribution in [-0.4, -0.2) is 29.2 Å². The zero-order chi connectivity index (χ0) is 13.8. The van der Waals surface area contributed by atoms with Crippen LogP contribution in [0.15, 0.2) is 18.2 Å². The number of aryl methyl sites for hydroxylation is 2. The first kappa shape index (κ1) is 14.6. The molecule has 0 saturated carbocycles. The maximum atomic E-state index is 12.6. The summed E-state index contributed by atoms with van der Waals surface area (Å²) in [7, 11) is 0. The van der Waals surface area contributed by atoms with Gasteiger partial charge in [-0.15, -0.1) is 0 Å². The summed E-state index contributed by atoms with van der Waals surface area (Å²) < 4.78 is 0. The largest absolute Gasteiger partial charge is 0.338 e. The third kappa shape index (κ3) is 3.59. The molecule has 1 atom stereocenters. The van der Waals surface area contributed by atoms with Crippen LogP contribution in [0.2, 0.25) is 0 Å². The highest BCUT2D eigenvalue weighted by Gasteiger charge is 2.24. The van der Waals surface area contributed by atoms with Crippen LogP contribution in [-0.2, 0) is 0 Å². The molecule has 1 unspecified atom stereocenters. The van der Waals surface area contributed by atoms with Crippen LogP contribution < -0.4 is 0 Å². The molecule has 104 valence electrons. The second kappa shape index (κ2) is 6.56. The monoisotopic (exact) mass is 323 g/mol. The van der Waals surface area contributed by atoms with E-state index in [1.807, 2.05) is 24.0 Å². The van der Waals surface area contributed by atoms with Crippen molar-refractivity contribution in [1.82, 2.24) is 4.90 Å². The standard InChI is InChI=1S/C16H22BrNO/c1-12-5-6-15(13(2)10-12)16(19)18-9-3-4-14(11-18)7-8-17/h5-6,10,14H,3-4,7-9,11H2,1-2H3. The smallest absolute Gasteiger partial charge is 0.254 e. The summed E-state index contributed by atoms with van der Waals surface area (Å²) in [6.07, 6.45) is 3.55. The van der Waals surface area contributed by atoms with Crippen molar-refractivity contribution < 1.29 is 4.79 Å². The van der Waals surface area contributed by atoms with Crippen LogP contribution in [0.4, 0.5) is 0 Å². The number of hydrogen-bond donors (Lipinski definition) is 0. The van der Waals surface area contributed by atoms with Gasteiger partial charge in [0, 0.05) is 24.0 Å². The van der Waals surface area contributed by atoms with E-state index in [9.17, 15) is 4.79 Å². The molecule has 19 heavy (non-hydrogen) atoms. The number of carbonyl (C=O) groups excluding carboxylic acids is 1. The lowest BCUT2D eigenvalue weighted by Gasteiger charge is -2.33. The van der Waals surface area contributed by atoms with Crippen molar-refractivity contribution in [2.24, 2.45) is 5.92 Å². The maximum absolute atomic E-state index is 12.6. The molecule has 2 nitrogen and oxygen atoms in total. The van der Waals surface area contributed by atoms with Crippen molar-refractivity contribution in [3.05, 3.63) is 34.9 Å². The van der Waals surface area contributed by atoms with Gasteiger partial charge < -0.3 is 4.90 Å². The molecule has 1 aromatic carbocycles. The Hall–Kier alpha value is -0.830. The Kier molecular flexibility index (Phi) is 5.03. The van der Waals surface area contributed by atoms with Crippen LogP contribution in [0.5, 0.6) is 0 Å². The zero-order valence-corrected chi connectivity index (χ0v) is 13.4. The molecule has 1 saturated heterocycles. The molecule has 1 amide bonds. The third-order valence-electron chi connectivity index (χ3n) is 3.94. The van der Waals surface area contributed by atoms with E-state index in [1.54, 1.807) is 0 Å². The predicted molar refractivity (Wildman–Crippen MR) is 83.0 cm³/mol. The number of amides is 1. The van der Waals surface area contributed by atoms with Gasteiger partial charge in [0.05, 0.1) is 0 Å². The molecule has 1 fully saturated rings. The summed E-state index contributed by atoms with van der Waals surface area (Å²) in [4.78, 5) is 14.6. The molecule has 1 aliphatic heterocycles. The lowest BCUT2D eigenvalue weighted by atomic mass is 9.94. The van der Waals surface area contributed by atoms with Crippen LogP contribution in [0.25, 0.3) is 0 Å². The summed E-state index contributed by atoms with van der Waals surface area (Å²) >= 11 is 3.50. The van der Waals surface area contributed by atoms with Crippen molar-refractivity contribution in [2.75, 3.05) is 18.4 Å². The first-order valence-corrected chi connectivity index (χ1v) is 8.16. The van der Waals surface area contributed by atoms with E-state index in [2.05, 4.69) is 28.9 Å². The number of nitrogens with zero attached hydrogens (tertiary/aromatic N) is 1. The highest BCUT2D eigenvalue weighted by Crippen LogP contribution is 2.23. The fourth-order valence-corrected chi connectivity index (χ4v) is 3.51. The molecule has 2 rings (SSSR count). The zero-order valence-electron chi connectivity index (χ0n) is 11.8. The van der Waals surface area contributed by atoms with Crippen LogP contribution >= 0.6 is 15.9 Å². The van der Waals surface area contributed by atoms with Gasteiger partial charge in [-0.3, -0.25) is 4.79 Å². The third-order valence-corrected chi connectivity index (χ3v) is 4.39. The lowest BCUT2D eigenvalue weighted by Crippen LogP contribution is -2.40. The SMILES string of the molecule is Cc1ccc(C(=O)N2CCCC(CCBr)C2)c(C)c1. The minimum Gasteiger partial charge on any atom is -0.338 e. The second-order valence-corrected chi connectivity index (χ2v) is 6.35. The summed E-state index contributed by atoms with van der Waals surface area (Å²) in [6.45, 7) is 5.91. The molecular weight excluding hydrogens is 302 g/mol. The van der Waals surface area contributed by atoms with Crippen molar-refractivity contribution in [3.63, 3.8) is 0 Å². The van der Waals surface area contributed by atoms with E-state index >= 15 is 0 Å². The molecule has 0 bridgehead atoms. The number of benzene rings is 1. The van der Waals surface area contributed by atoms with Crippen LogP contribution in [0.1, 0.15) is 40.7 Å². The van der Waals surface area contributed by atoms with Crippen LogP contribution in [0.3, 0.4) is 0 Å². The Morgan fingerprint density at radius 1 is 1.42 bits per heavy atom. The summed E-state index contributed by atoms with van der Waals surface area (Å²) in [6, 6.07) is 6.09. The highest BCUT2D eigenvalue weighted by molar-refractivity contribution is 9.09. The number of hydrogen-bond acceptors (Lipinski definition) is 1. The molecule has 3 heteroatoms. The van der Waals surface area contributed by atoms with Gasteiger partial charge in [0.25, 0.3) is 5.91 Å². The van der Waals surface area contributed by atoms with Crippen molar-refractivity contribution in [3.8, 4) is 0 Å². The van der Waals surface area contributed by atoms with Gasteiger partial charge in [-0.05, 0) is 50.7 Å². The topological polar surface area (TPSA) is 20.3 Å². The number of carbonyl (C=O) groups is 1. The van der Waals surface area contributed by atoms with Crippen LogP contribution in [0, 0.1) is 19.8 Å². The Bertz CT molecular complexity index is 456. The van der Waals surface area contributed by atoms with E-state index in [-0.39, 0.29) is 5.91 Å². The molecule has 0 spiro atoms. The predicted octanol–water partition coefficient (Wildman–Crippen LogP) is 3.94. The van der Waals surface area contributed by atoms with E-state index < -0.39 is 0 Å². The Morgan fingerprint density at radius 3 is 2.89 bits per heavy atom. The number of rotatable bonds is 3. The molecule has 0 radical (unpaired) electrons. The van der Waals surface area contributed by atoms with Gasteiger partial charge in [0.15, 0.2) is 0 Å². The molecular formula is C16H22BrNO. The van der Waals surface area contributed by atoms with Gasteiger partial charge >= 0.3 is 0 Å². The number of halogens is 1. The number of likely N-dealkylation sites (tertiary alicyclic amines) is 1. The van der Waals surface area contributed by atoms with E-state index in [4.69, 9.17) is 0 Å².